The second-order valence-corrected chi connectivity index (χ2v) is 3.86. The quantitative estimate of drug-likeness (QED) is 0.764. The van der Waals surface area contributed by atoms with E-state index >= 15 is 0 Å². The average Bonchev–Trinajstić information content (AvgIpc) is 2.25. The average molecular weight is 223 g/mol. The minimum absolute atomic E-state index is 0.00164. The Labute approximate surface area is 95.2 Å². The van der Waals surface area contributed by atoms with E-state index in [1.54, 1.807) is 12.1 Å². The van der Waals surface area contributed by atoms with Gasteiger partial charge in [-0.05, 0) is 24.3 Å². The van der Waals surface area contributed by atoms with Crippen LogP contribution in [0.5, 0.6) is 11.5 Å². The van der Waals surface area contributed by atoms with E-state index in [1.807, 2.05) is 13.8 Å². The molecule has 0 saturated carbocycles. The Morgan fingerprint density at radius 2 is 2.00 bits per heavy atom. The van der Waals surface area contributed by atoms with Crippen molar-refractivity contribution in [3.05, 3.63) is 24.3 Å². The van der Waals surface area contributed by atoms with Gasteiger partial charge in [-0.1, -0.05) is 13.8 Å². The van der Waals surface area contributed by atoms with Gasteiger partial charge in [0.25, 0.3) is 0 Å². The van der Waals surface area contributed by atoms with Gasteiger partial charge >= 0.3 is 0 Å². The molecule has 0 aliphatic rings. The van der Waals surface area contributed by atoms with Crippen LogP contribution in [0.2, 0.25) is 0 Å². The maximum atomic E-state index is 11.4. The minimum atomic E-state index is 0.00164. The Kier molecular flexibility index (Phi) is 4.79. The van der Waals surface area contributed by atoms with Crippen LogP contribution in [-0.2, 0) is 4.79 Å². The summed E-state index contributed by atoms with van der Waals surface area (Å²) in [5, 5.41) is 12.1. The first-order valence-corrected chi connectivity index (χ1v) is 5.25. The van der Waals surface area contributed by atoms with Crippen molar-refractivity contribution in [3.63, 3.8) is 0 Å². The third kappa shape index (κ3) is 4.79. The van der Waals surface area contributed by atoms with Crippen LogP contribution in [0.25, 0.3) is 0 Å². The zero-order valence-electron chi connectivity index (χ0n) is 9.56. The number of carbonyl (C=O) groups is 1. The summed E-state index contributed by atoms with van der Waals surface area (Å²) in [5.74, 6) is 0.762. The number of ketones is 1. The molecule has 0 aliphatic heterocycles. The van der Waals surface area contributed by atoms with Gasteiger partial charge in [-0.25, -0.2) is 0 Å². The van der Waals surface area contributed by atoms with E-state index in [0.717, 1.165) is 0 Å². The molecule has 1 rings (SSSR count). The van der Waals surface area contributed by atoms with Crippen molar-refractivity contribution in [1.29, 1.82) is 0 Å². The summed E-state index contributed by atoms with van der Waals surface area (Å²) in [6.45, 7) is 4.32. The molecule has 0 spiro atoms. The highest BCUT2D eigenvalue weighted by atomic mass is 16.5. The lowest BCUT2D eigenvalue weighted by Gasteiger charge is -2.08. The van der Waals surface area contributed by atoms with E-state index in [2.05, 4.69) is 5.32 Å². The normalized spacial score (nSPS) is 10.4. The highest BCUT2D eigenvalue weighted by Gasteiger charge is 2.03. The number of rotatable bonds is 6. The second-order valence-electron chi connectivity index (χ2n) is 3.86. The fraction of sp³-hybridized carbons (Fsp3) is 0.417. The zero-order valence-corrected chi connectivity index (χ0v) is 9.56. The molecule has 0 atom stereocenters. The number of hydrogen-bond acceptors (Lipinski definition) is 4. The van der Waals surface area contributed by atoms with E-state index in [4.69, 9.17) is 9.84 Å². The fourth-order valence-corrected chi connectivity index (χ4v) is 1.08. The summed E-state index contributed by atoms with van der Waals surface area (Å²) in [4.78, 5) is 11.4. The summed E-state index contributed by atoms with van der Waals surface area (Å²) >= 11 is 0. The predicted molar refractivity (Wildman–Crippen MR) is 61.7 cm³/mol. The maximum absolute atomic E-state index is 11.4. The van der Waals surface area contributed by atoms with Gasteiger partial charge in [0.2, 0.25) is 0 Å². The first-order chi connectivity index (χ1) is 7.58. The van der Waals surface area contributed by atoms with Crippen molar-refractivity contribution < 1.29 is 14.6 Å². The number of ether oxygens (including phenoxy) is 1. The van der Waals surface area contributed by atoms with Crippen LogP contribution < -0.4 is 10.1 Å². The van der Waals surface area contributed by atoms with Crippen molar-refractivity contribution in [2.45, 2.75) is 19.9 Å². The third-order valence-corrected chi connectivity index (χ3v) is 1.94. The summed E-state index contributed by atoms with van der Waals surface area (Å²) in [6, 6.07) is 6.58. The third-order valence-electron chi connectivity index (χ3n) is 1.94. The standard InChI is InChI=1S/C12H17NO3/c1-9(2)13-7-11(15)8-16-12-5-3-10(14)4-6-12/h3-6,9,13-14H,7-8H2,1-2H3. The van der Waals surface area contributed by atoms with Crippen molar-refractivity contribution in [1.82, 2.24) is 5.32 Å². The summed E-state index contributed by atoms with van der Waals surface area (Å²) in [5.41, 5.74) is 0. The molecule has 16 heavy (non-hydrogen) atoms. The van der Waals surface area contributed by atoms with Gasteiger partial charge < -0.3 is 15.2 Å². The van der Waals surface area contributed by atoms with Crippen molar-refractivity contribution >= 4 is 5.78 Å². The van der Waals surface area contributed by atoms with Crippen LogP contribution in [-0.4, -0.2) is 30.1 Å². The van der Waals surface area contributed by atoms with Crippen LogP contribution in [0.1, 0.15) is 13.8 Å². The molecular formula is C12H17NO3. The Morgan fingerprint density at radius 3 is 2.56 bits per heavy atom. The van der Waals surface area contributed by atoms with E-state index in [0.29, 0.717) is 12.3 Å². The molecular weight excluding hydrogens is 206 g/mol. The number of carbonyl (C=O) groups excluding carboxylic acids is 1. The van der Waals surface area contributed by atoms with Gasteiger partial charge in [0.05, 0.1) is 6.54 Å². The molecule has 0 unspecified atom stereocenters. The molecule has 4 nitrogen and oxygen atoms in total. The molecule has 1 aromatic carbocycles. The van der Waals surface area contributed by atoms with Gasteiger partial charge in [0.1, 0.15) is 18.1 Å². The Bertz CT molecular complexity index is 333. The van der Waals surface area contributed by atoms with Gasteiger partial charge in [0.15, 0.2) is 5.78 Å². The summed E-state index contributed by atoms with van der Waals surface area (Å²) in [7, 11) is 0. The number of Topliss-reactive ketones (excluding diaryl/α,β-unsaturated/α-hetero) is 1. The zero-order chi connectivity index (χ0) is 12.0. The maximum Gasteiger partial charge on any atom is 0.183 e. The molecule has 2 N–H and O–H groups in total. The molecule has 0 saturated heterocycles. The number of phenolic OH excluding ortho intramolecular Hbond substituents is 1. The summed E-state index contributed by atoms with van der Waals surface area (Å²) < 4.78 is 5.25. The predicted octanol–water partition coefficient (Wildman–Crippen LogP) is 1.34. The SMILES string of the molecule is CC(C)NCC(=O)COc1ccc(O)cc1. The first kappa shape index (κ1) is 12.5. The molecule has 4 heteroatoms. The smallest absolute Gasteiger partial charge is 0.183 e. The van der Waals surface area contributed by atoms with E-state index < -0.39 is 0 Å². The van der Waals surface area contributed by atoms with Gasteiger partial charge in [0, 0.05) is 6.04 Å². The van der Waals surface area contributed by atoms with E-state index in [1.165, 1.54) is 12.1 Å². The number of phenols is 1. The van der Waals surface area contributed by atoms with E-state index in [-0.39, 0.29) is 24.2 Å². The lowest BCUT2D eigenvalue weighted by molar-refractivity contribution is -0.120. The lowest BCUT2D eigenvalue weighted by Crippen LogP contribution is -2.31. The molecule has 1 aromatic rings. The van der Waals surface area contributed by atoms with Crippen molar-refractivity contribution in [2.24, 2.45) is 0 Å². The number of nitrogens with one attached hydrogen (secondary N) is 1. The first-order valence-electron chi connectivity index (χ1n) is 5.25. The highest BCUT2D eigenvalue weighted by Crippen LogP contribution is 2.15. The number of hydrogen-bond donors (Lipinski definition) is 2. The van der Waals surface area contributed by atoms with Crippen molar-refractivity contribution in [2.75, 3.05) is 13.2 Å². The molecule has 0 fully saturated rings. The van der Waals surface area contributed by atoms with Crippen LogP contribution in [0.3, 0.4) is 0 Å². The lowest BCUT2D eigenvalue weighted by atomic mass is 10.3. The van der Waals surface area contributed by atoms with Crippen LogP contribution in [0, 0.1) is 0 Å². The molecule has 0 bridgehead atoms. The molecule has 0 aliphatic carbocycles. The Hall–Kier alpha value is -1.55. The van der Waals surface area contributed by atoms with Gasteiger partial charge in [-0.15, -0.1) is 0 Å². The highest BCUT2D eigenvalue weighted by molar-refractivity contribution is 5.81. The largest absolute Gasteiger partial charge is 0.508 e. The van der Waals surface area contributed by atoms with Crippen LogP contribution in [0.15, 0.2) is 24.3 Å². The number of aromatic hydroxyl groups is 1. The summed E-state index contributed by atoms with van der Waals surface area (Å²) in [6.07, 6.45) is 0. The molecule has 88 valence electrons. The minimum Gasteiger partial charge on any atom is -0.508 e. The van der Waals surface area contributed by atoms with E-state index in [9.17, 15) is 4.79 Å². The van der Waals surface area contributed by atoms with Gasteiger partial charge in [-0.2, -0.15) is 0 Å². The fourth-order valence-electron chi connectivity index (χ4n) is 1.08. The van der Waals surface area contributed by atoms with Crippen molar-refractivity contribution in [3.8, 4) is 11.5 Å². The Morgan fingerprint density at radius 1 is 1.38 bits per heavy atom. The van der Waals surface area contributed by atoms with Gasteiger partial charge in [-0.3, -0.25) is 4.79 Å². The van der Waals surface area contributed by atoms with Crippen LogP contribution in [0.4, 0.5) is 0 Å². The Balaban J connectivity index is 2.29. The second kappa shape index (κ2) is 6.12. The monoisotopic (exact) mass is 223 g/mol. The molecule has 0 amide bonds. The number of benzene rings is 1. The van der Waals surface area contributed by atoms with Crippen LogP contribution >= 0.6 is 0 Å². The molecule has 0 heterocycles. The molecule has 0 aromatic heterocycles. The molecule has 0 radical (unpaired) electrons. The topological polar surface area (TPSA) is 58.6 Å².